The lowest BCUT2D eigenvalue weighted by atomic mass is 10.0. The number of nitrogens with zero attached hydrogens (tertiary/aromatic N) is 4. The summed E-state index contributed by atoms with van der Waals surface area (Å²) in [5.74, 6) is -0.422. The molecule has 2 aliphatic heterocycles. The molecule has 3 aliphatic rings. The summed E-state index contributed by atoms with van der Waals surface area (Å²) in [6.45, 7) is 3.80. The SMILES string of the molecule is CCn1ncc(CN2CC3CN(C(=O)OC(C(F)(F)F)C(F)(F)F)CC3C2)c1C(=O)NC1CC1. The summed E-state index contributed by atoms with van der Waals surface area (Å²) in [6.07, 6.45) is -13.7. The molecule has 0 radical (unpaired) electrons. The van der Waals surface area contributed by atoms with Gasteiger partial charge in [-0.05, 0) is 31.6 Å². The summed E-state index contributed by atoms with van der Waals surface area (Å²) < 4.78 is 81.5. The zero-order chi connectivity index (χ0) is 24.8. The second kappa shape index (κ2) is 8.93. The second-order valence-corrected chi connectivity index (χ2v) is 9.05. The summed E-state index contributed by atoms with van der Waals surface area (Å²) in [6, 6.07) is 0.187. The molecule has 2 unspecified atom stereocenters. The van der Waals surface area contributed by atoms with E-state index < -0.39 is 24.5 Å². The third kappa shape index (κ3) is 5.26. The highest BCUT2D eigenvalue weighted by molar-refractivity contribution is 5.94. The van der Waals surface area contributed by atoms with Crippen molar-refractivity contribution in [1.82, 2.24) is 24.9 Å². The second-order valence-electron chi connectivity index (χ2n) is 9.05. The molecule has 2 amide bonds. The number of halogens is 6. The monoisotopic (exact) mass is 497 g/mol. The van der Waals surface area contributed by atoms with Gasteiger partial charge in [-0.1, -0.05) is 0 Å². The molecule has 1 saturated carbocycles. The van der Waals surface area contributed by atoms with Crippen LogP contribution in [0.2, 0.25) is 0 Å². The summed E-state index contributed by atoms with van der Waals surface area (Å²) >= 11 is 0. The van der Waals surface area contributed by atoms with Crippen molar-refractivity contribution in [1.29, 1.82) is 0 Å². The number of nitrogens with one attached hydrogen (secondary N) is 1. The number of aryl methyl sites for hydroxylation is 1. The molecule has 0 aromatic carbocycles. The van der Waals surface area contributed by atoms with Crippen LogP contribution in [0.1, 0.15) is 35.8 Å². The van der Waals surface area contributed by atoms with Crippen LogP contribution in [-0.2, 0) is 17.8 Å². The number of hydrogen-bond donors (Lipinski definition) is 1. The molecule has 14 heteroatoms. The average Bonchev–Trinajstić information content (AvgIpc) is 3.14. The smallest absolute Gasteiger partial charge is 0.426 e. The van der Waals surface area contributed by atoms with E-state index in [0.29, 0.717) is 31.9 Å². The Bertz CT molecular complexity index is 901. The van der Waals surface area contributed by atoms with Crippen molar-refractivity contribution in [2.45, 2.75) is 57.4 Å². The van der Waals surface area contributed by atoms with Crippen LogP contribution in [-0.4, -0.2) is 82.3 Å². The van der Waals surface area contributed by atoms with E-state index in [1.54, 1.807) is 10.9 Å². The number of carbonyl (C=O) groups excluding carboxylic acids is 2. The van der Waals surface area contributed by atoms with Crippen LogP contribution in [0.5, 0.6) is 0 Å². The van der Waals surface area contributed by atoms with Crippen LogP contribution in [0.15, 0.2) is 6.20 Å². The van der Waals surface area contributed by atoms with Crippen molar-refractivity contribution in [3.63, 3.8) is 0 Å². The third-order valence-electron chi connectivity index (χ3n) is 6.37. The van der Waals surface area contributed by atoms with Gasteiger partial charge in [-0.3, -0.25) is 14.4 Å². The zero-order valence-corrected chi connectivity index (χ0v) is 18.3. The highest BCUT2D eigenvalue weighted by Gasteiger charge is 2.60. The first kappa shape index (κ1) is 24.6. The number of rotatable bonds is 6. The van der Waals surface area contributed by atoms with Crippen LogP contribution in [0.3, 0.4) is 0 Å². The summed E-state index contributed by atoms with van der Waals surface area (Å²) in [5.41, 5.74) is 1.23. The van der Waals surface area contributed by atoms with Gasteiger partial charge in [0.15, 0.2) is 0 Å². The predicted molar refractivity (Wildman–Crippen MR) is 105 cm³/mol. The van der Waals surface area contributed by atoms with Gasteiger partial charge < -0.3 is 15.0 Å². The molecule has 1 aromatic rings. The third-order valence-corrected chi connectivity index (χ3v) is 6.37. The Morgan fingerprint density at radius 3 is 2.18 bits per heavy atom. The van der Waals surface area contributed by atoms with Crippen LogP contribution >= 0.6 is 0 Å². The van der Waals surface area contributed by atoms with Gasteiger partial charge in [-0.2, -0.15) is 31.4 Å². The van der Waals surface area contributed by atoms with Crippen LogP contribution in [0, 0.1) is 11.8 Å². The molecule has 1 aromatic heterocycles. The number of likely N-dealkylation sites (tertiary alicyclic amines) is 2. The first-order valence-corrected chi connectivity index (χ1v) is 11.0. The molecule has 34 heavy (non-hydrogen) atoms. The fourth-order valence-corrected chi connectivity index (χ4v) is 4.63. The average molecular weight is 497 g/mol. The fourth-order valence-electron chi connectivity index (χ4n) is 4.63. The number of hydrogen-bond acceptors (Lipinski definition) is 5. The molecule has 2 saturated heterocycles. The van der Waals surface area contributed by atoms with Gasteiger partial charge in [0.2, 0.25) is 0 Å². The van der Waals surface area contributed by atoms with Crippen molar-refractivity contribution >= 4 is 12.0 Å². The van der Waals surface area contributed by atoms with Gasteiger partial charge >= 0.3 is 18.4 Å². The molecule has 0 bridgehead atoms. The summed E-state index contributed by atoms with van der Waals surface area (Å²) in [5, 5.41) is 7.23. The lowest BCUT2D eigenvalue weighted by Crippen LogP contribution is -2.48. The van der Waals surface area contributed by atoms with Crippen molar-refractivity contribution < 1.29 is 40.7 Å². The zero-order valence-electron chi connectivity index (χ0n) is 18.3. The fraction of sp³-hybridized carbons (Fsp3) is 0.750. The molecule has 1 N–H and O–H groups in total. The molecule has 0 spiro atoms. The van der Waals surface area contributed by atoms with Crippen molar-refractivity contribution in [3.8, 4) is 0 Å². The molecule has 3 heterocycles. The van der Waals surface area contributed by atoms with E-state index >= 15 is 0 Å². The van der Waals surface area contributed by atoms with E-state index in [-0.39, 0.29) is 36.9 Å². The topological polar surface area (TPSA) is 79.7 Å². The predicted octanol–water partition coefficient (Wildman–Crippen LogP) is 2.79. The molecule has 4 rings (SSSR count). The van der Waals surface area contributed by atoms with E-state index in [9.17, 15) is 35.9 Å². The van der Waals surface area contributed by atoms with Gasteiger partial charge in [-0.25, -0.2) is 4.79 Å². The Morgan fingerprint density at radius 1 is 1.09 bits per heavy atom. The lowest BCUT2D eigenvalue weighted by molar-refractivity contribution is -0.308. The highest BCUT2D eigenvalue weighted by Crippen LogP contribution is 2.37. The van der Waals surface area contributed by atoms with Crippen LogP contribution < -0.4 is 5.32 Å². The first-order chi connectivity index (χ1) is 15.9. The number of aromatic nitrogens is 2. The van der Waals surface area contributed by atoms with E-state index in [0.717, 1.165) is 23.3 Å². The van der Waals surface area contributed by atoms with Gasteiger partial charge in [0.1, 0.15) is 5.69 Å². The molecule has 2 atom stereocenters. The Hall–Kier alpha value is -2.51. The van der Waals surface area contributed by atoms with Crippen molar-refractivity contribution in [2.24, 2.45) is 11.8 Å². The molecular formula is C20H25F6N5O3. The standard InChI is InChI=1S/C20H25F6N5O3/c1-2-31-15(16(32)28-14-3-4-14)11(5-27-31)6-29-7-12-9-30(10-13(12)8-29)18(33)34-17(19(21,22)23)20(24,25)26/h5,12-14,17H,2-4,6-10H2,1H3,(H,28,32). The maximum atomic E-state index is 12.7. The van der Waals surface area contributed by atoms with E-state index in [1.165, 1.54) is 0 Å². The number of ether oxygens (including phenoxy) is 1. The number of fused-ring (bicyclic) bond motifs is 1. The van der Waals surface area contributed by atoms with E-state index in [4.69, 9.17) is 0 Å². The molecule has 8 nitrogen and oxygen atoms in total. The number of alkyl halides is 6. The van der Waals surface area contributed by atoms with Crippen molar-refractivity contribution in [2.75, 3.05) is 26.2 Å². The lowest BCUT2D eigenvalue weighted by Gasteiger charge is -2.26. The quantitative estimate of drug-likeness (QED) is 0.612. The first-order valence-electron chi connectivity index (χ1n) is 11.0. The number of carbonyl (C=O) groups is 2. The minimum atomic E-state index is -5.74. The minimum absolute atomic E-state index is 0.00563. The van der Waals surface area contributed by atoms with Gasteiger partial charge in [-0.15, -0.1) is 0 Å². The maximum absolute atomic E-state index is 12.7. The van der Waals surface area contributed by atoms with Gasteiger partial charge in [0.05, 0.1) is 6.20 Å². The maximum Gasteiger partial charge on any atom is 0.434 e. The largest absolute Gasteiger partial charge is 0.434 e. The Labute approximate surface area is 191 Å². The van der Waals surface area contributed by atoms with E-state index in [2.05, 4.69) is 20.1 Å². The van der Waals surface area contributed by atoms with Crippen LogP contribution in [0.4, 0.5) is 31.1 Å². The molecule has 3 fully saturated rings. The normalized spacial score (nSPS) is 23.5. The Kier molecular flexibility index (Phi) is 6.46. The van der Waals surface area contributed by atoms with Gasteiger partial charge in [0.25, 0.3) is 12.0 Å². The molecule has 190 valence electrons. The minimum Gasteiger partial charge on any atom is -0.426 e. The van der Waals surface area contributed by atoms with Crippen LogP contribution in [0.25, 0.3) is 0 Å². The summed E-state index contributed by atoms with van der Waals surface area (Å²) in [4.78, 5) is 27.7. The van der Waals surface area contributed by atoms with Crippen molar-refractivity contribution in [3.05, 3.63) is 17.5 Å². The molecular weight excluding hydrogens is 472 g/mol. The Balaban J connectivity index is 1.34. The van der Waals surface area contributed by atoms with E-state index in [1.807, 2.05) is 6.92 Å². The highest BCUT2D eigenvalue weighted by atomic mass is 19.4. The van der Waals surface area contributed by atoms with Gasteiger partial charge in [0, 0.05) is 50.9 Å². The number of amides is 2. The summed E-state index contributed by atoms with van der Waals surface area (Å²) in [7, 11) is 0. The Morgan fingerprint density at radius 2 is 1.68 bits per heavy atom. The molecule has 1 aliphatic carbocycles.